The van der Waals surface area contributed by atoms with Crippen LogP contribution in [0.2, 0.25) is 0 Å². The molecule has 116 valence electrons. The van der Waals surface area contributed by atoms with Gasteiger partial charge in [-0.25, -0.2) is 14.4 Å². The summed E-state index contributed by atoms with van der Waals surface area (Å²) in [4.78, 5) is 22.6. The fourth-order valence-electron chi connectivity index (χ4n) is 1.92. The second kappa shape index (κ2) is 6.51. The Bertz CT molecular complexity index is 701. The van der Waals surface area contributed by atoms with Crippen molar-refractivity contribution in [1.82, 2.24) is 15.3 Å². The van der Waals surface area contributed by atoms with E-state index in [9.17, 15) is 9.18 Å². The van der Waals surface area contributed by atoms with Crippen molar-refractivity contribution >= 4 is 11.7 Å². The van der Waals surface area contributed by atoms with E-state index in [-0.39, 0.29) is 18.0 Å². The van der Waals surface area contributed by atoms with Crippen molar-refractivity contribution in [2.45, 2.75) is 20.4 Å². The van der Waals surface area contributed by atoms with Gasteiger partial charge in [0.2, 0.25) is 0 Å². The van der Waals surface area contributed by atoms with Gasteiger partial charge >= 0.3 is 0 Å². The molecule has 0 fully saturated rings. The van der Waals surface area contributed by atoms with Gasteiger partial charge in [-0.2, -0.15) is 0 Å². The highest BCUT2D eigenvalue weighted by Gasteiger charge is 2.10. The first-order valence-corrected chi connectivity index (χ1v) is 6.93. The molecule has 0 radical (unpaired) electrons. The van der Waals surface area contributed by atoms with Crippen molar-refractivity contribution in [3.8, 4) is 0 Å². The van der Waals surface area contributed by atoms with E-state index < -0.39 is 5.82 Å². The standard InChI is InChI=1S/C16H19FN4O/c1-10-5-6-12(8-13(10)17)16(22)18-9-14-19-11(2)7-15(20-14)21(3)4/h5-8H,9H2,1-4H3,(H,18,22). The molecule has 6 heteroatoms. The summed E-state index contributed by atoms with van der Waals surface area (Å²) >= 11 is 0. The van der Waals surface area contributed by atoms with Gasteiger partial charge in [0, 0.05) is 31.4 Å². The number of hydrogen-bond donors (Lipinski definition) is 1. The maximum absolute atomic E-state index is 13.5. The first-order valence-electron chi connectivity index (χ1n) is 6.93. The number of anilines is 1. The minimum absolute atomic E-state index is 0.191. The van der Waals surface area contributed by atoms with E-state index in [0.29, 0.717) is 11.4 Å². The van der Waals surface area contributed by atoms with Crippen LogP contribution in [-0.4, -0.2) is 30.0 Å². The van der Waals surface area contributed by atoms with Gasteiger partial charge in [-0.3, -0.25) is 4.79 Å². The number of carbonyl (C=O) groups excluding carboxylic acids is 1. The van der Waals surface area contributed by atoms with E-state index in [1.165, 1.54) is 6.07 Å². The summed E-state index contributed by atoms with van der Waals surface area (Å²) in [6.07, 6.45) is 0. The number of aromatic nitrogens is 2. The molecule has 1 amide bonds. The van der Waals surface area contributed by atoms with E-state index in [2.05, 4.69) is 15.3 Å². The van der Waals surface area contributed by atoms with Crippen molar-refractivity contribution in [2.75, 3.05) is 19.0 Å². The molecule has 1 aromatic heterocycles. The van der Waals surface area contributed by atoms with Gasteiger partial charge < -0.3 is 10.2 Å². The molecule has 0 unspecified atom stereocenters. The summed E-state index contributed by atoms with van der Waals surface area (Å²) in [5.74, 6) is 0.549. The predicted molar refractivity (Wildman–Crippen MR) is 83.4 cm³/mol. The first kappa shape index (κ1) is 15.9. The maximum atomic E-state index is 13.5. The zero-order valence-corrected chi connectivity index (χ0v) is 13.1. The van der Waals surface area contributed by atoms with Crippen LogP contribution in [0.25, 0.3) is 0 Å². The van der Waals surface area contributed by atoms with Crippen LogP contribution < -0.4 is 10.2 Å². The number of carbonyl (C=O) groups is 1. The van der Waals surface area contributed by atoms with Crippen molar-refractivity contribution in [1.29, 1.82) is 0 Å². The van der Waals surface area contributed by atoms with Gasteiger partial charge in [-0.15, -0.1) is 0 Å². The number of aryl methyl sites for hydroxylation is 2. The Kier molecular flexibility index (Phi) is 4.70. The average molecular weight is 302 g/mol. The molecule has 0 saturated heterocycles. The van der Waals surface area contributed by atoms with Crippen molar-refractivity contribution in [3.63, 3.8) is 0 Å². The zero-order valence-electron chi connectivity index (χ0n) is 13.1. The first-order chi connectivity index (χ1) is 10.4. The molecule has 1 N–H and O–H groups in total. The summed E-state index contributed by atoms with van der Waals surface area (Å²) in [5, 5.41) is 2.71. The summed E-state index contributed by atoms with van der Waals surface area (Å²) in [6.45, 7) is 3.71. The predicted octanol–water partition coefficient (Wildman–Crippen LogP) is 2.23. The fourth-order valence-corrected chi connectivity index (χ4v) is 1.92. The quantitative estimate of drug-likeness (QED) is 0.941. The van der Waals surface area contributed by atoms with Crippen LogP contribution >= 0.6 is 0 Å². The second-order valence-corrected chi connectivity index (χ2v) is 5.32. The molecular weight excluding hydrogens is 283 g/mol. The lowest BCUT2D eigenvalue weighted by molar-refractivity contribution is 0.0949. The molecule has 0 saturated carbocycles. The van der Waals surface area contributed by atoms with Crippen LogP contribution in [0.1, 0.15) is 27.4 Å². The number of nitrogens with zero attached hydrogens (tertiary/aromatic N) is 3. The van der Waals surface area contributed by atoms with Gasteiger partial charge in [0.05, 0.1) is 6.54 Å². The molecule has 1 aromatic carbocycles. The molecule has 5 nitrogen and oxygen atoms in total. The molecular formula is C16H19FN4O. The van der Waals surface area contributed by atoms with Gasteiger partial charge in [0.15, 0.2) is 0 Å². The van der Waals surface area contributed by atoms with E-state index in [1.807, 2.05) is 32.0 Å². The monoisotopic (exact) mass is 302 g/mol. The molecule has 0 bridgehead atoms. The van der Waals surface area contributed by atoms with Crippen molar-refractivity contribution in [3.05, 3.63) is 52.7 Å². The minimum atomic E-state index is -0.394. The van der Waals surface area contributed by atoms with Gasteiger partial charge in [0.25, 0.3) is 5.91 Å². The number of nitrogens with one attached hydrogen (secondary N) is 1. The normalized spacial score (nSPS) is 10.4. The lowest BCUT2D eigenvalue weighted by atomic mass is 10.1. The number of hydrogen-bond acceptors (Lipinski definition) is 4. The largest absolute Gasteiger partial charge is 0.363 e. The van der Waals surface area contributed by atoms with Crippen LogP contribution in [0.4, 0.5) is 10.2 Å². The highest BCUT2D eigenvalue weighted by atomic mass is 19.1. The van der Waals surface area contributed by atoms with Gasteiger partial charge in [-0.05, 0) is 31.5 Å². The molecule has 0 spiro atoms. The summed E-state index contributed by atoms with van der Waals surface area (Å²) < 4.78 is 13.5. The number of benzene rings is 1. The zero-order chi connectivity index (χ0) is 16.3. The Morgan fingerprint density at radius 2 is 1.95 bits per heavy atom. The molecule has 0 aliphatic carbocycles. The Morgan fingerprint density at radius 1 is 1.23 bits per heavy atom. The third-order valence-corrected chi connectivity index (χ3v) is 3.19. The fraction of sp³-hybridized carbons (Fsp3) is 0.312. The molecule has 22 heavy (non-hydrogen) atoms. The third kappa shape index (κ3) is 3.78. The summed E-state index contributed by atoms with van der Waals surface area (Å²) in [5.41, 5.74) is 1.61. The summed E-state index contributed by atoms with van der Waals surface area (Å²) in [7, 11) is 3.78. The SMILES string of the molecule is Cc1cc(N(C)C)nc(CNC(=O)c2ccc(C)c(F)c2)n1. The molecule has 1 heterocycles. The number of rotatable bonds is 4. The maximum Gasteiger partial charge on any atom is 0.251 e. The van der Waals surface area contributed by atoms with Crippen LogP contribution in [0.15, 0.2) is 24.3 Å². The summed E-state index contributed by atoms with van der Waals surface area (Å²) in [6, 6.07) is 6.27. The van der Waals surface area contributed by atoms with Crippen LogP contribution in [-0.2, 0) is 6.54 Å². The van der Waals surface area contributed by atoms with E-state index in [4.69, 9.17) is 0 Å². The molecule has 2 rings (SSSR count). The third-order valence-electron chi connectivity index (χ3n) is 3.19. The van der Waals surface area contributed by atoms with Crippen LogP contribution in [0.3, 0.4) is 0 Å². The Hall–Kier alpha value is -2.50. The topological polar surface area (TPSA) is 58.1 Å². The smallest absolute Gasteiger partial charge is 0.251 e. The van der Waals surface area contributed by atoms with E-state index >= 15 is 0 Å². The van der Waals surface area contributed by atoms with Crippen LogP contribution in [0, 0.1) is 19.7 Å². The highest BCUT2D eigenvalue weighted by Crippen LogP contribution is 2.11. The van der Waals surface area contributed by atoms with E-state index in [0.717, 1.165) is 11.5 Å². The number of halogens is 1. The van der Waals surface area contributed by atoms with E-state index in [1.54, 1.807) is 19.1 Å². The average Bonchev–Trinajstić information content (AvgIpc) is 2.47. The van der Waals surface area contributed by atoms with Crippen LogP contribution in [0.5, 0.6) is 0 Å². The lowest BCUT2D eigenvalue weighted by Gasteiger charge is -2.13. The number of amides is 1. The van der Waals surface area contributed by atoms with Crippen molar-refractivity contribution in [2.24, 2.45) is 0 Å². The molecule has 0 atom stereocenters. The molecule has 0 aliphatic heterocycles. The molecule has 2 aromatic rings. The van der Waals surface area contributed by atoms with Crippen molar-refractivity contribution < 1.29 is 9.18 Å². The lowest BCUT2D eigenvalue weighted by Crippen LogP contribution is -2.25. The minimum Gasteiger partial charge on any atom is -0.363 e. The Balaban J connectivity index is 2.09. The second-order valence-electron chi connectivity index (χ2n) is 5.32. The van der Waals surface area contributed by atoms with Gasteiger partial charge in [-0.1, -0.05) is 6.07 Å². The van der Waals surface area contributed by atoms with Gasteiger partial charge in [0.1, 0.15) is 17.5 Å². The Labute approximate surface area is 129 Å². The Morgan fingerprint density at radius 3 is 2.59 bits per heavy atom. The highest BCUT2D eigenvalue weighted by molar-refractivity contribution is 5.94. The molecule has 0 aliphatic rings.